The normalized spacial score (nSPS) is 20.4. The molecule has 2 aliphatic rings. The number of hydrogen-bond donors (Lipinski definition) is 0. The lowest BCUT2D eigenvalue weighted by atomic mass is 9.94. The van der Waals surface area contributed by atoms with Crippen LogP contribution in [0, 0.1) is 23.0 Å². The zero-order chi connectivity index (χ0) is 20.9. The molecule has 1 saturated heterocycles. The van der Waals surface area contributed by atoms with Crippen molar-refractivity contribution in [3.8, 4) is 5.75 Å². The van der Waals surface area contributed by atoms with Crippen molar-refractivity contribution in [3.05, 3.63) is 62.7 Å². The van der Waals surface area contributed by atoms with Gasteiger partial charge in [-0.2, -0.15) is 0 Å². The molecule has 4 rings (SSSR count). The summed E-state index contributed by atoms with van der Waals surface area (Å²) in [6.07, 6.45) is -1.12. The van der Waals surface area contributed by atoms with E-state index in [0.717, 1.165) is 4.90 Å². The molecule has 2 heterocycles. The van der Waals surface area contributed by atoms with Gasteiger partial charge in [-0.3, -0.25) is 19.7 Å². The minimum Gasteiger partial charge on any atom is -0.490 e. The van der Waals surface area contributed by atoms with E-state index in [9.17, 15) is 19.7 Å². The van der Waals surface area contributed by atoms with E-state index in [2.05, 4.69) is 5.16 Å². The highest BCUT2D eigenvalue weighted by molar-refractivity contribution is 6.38. The van der Waals surface area contributed by atoms with Crippen molar-refractivity contribution >= 4 is 40.5 Å². The van der Waals surface area contributed by atoms with Gasteiger partial charge in [-0.05, 0) is 18.6 Å². The average Bonchev–Trinajstić information content (AvgIpc) is 3.23. The smallest absolute Gasteiger partial charge is 0.311 e. The zero-order valence-corrected chi connectivity index (χ0v) is 16.0. The highest BCUT2D eigenvalue weighted by Crippen LogP contribution is 2.40. The number of nitro groups is 1. The third kappa shape index (κ3) is 2.82. The molecule has 0 aromatic heterocycles. The molecule has 0 saturated carbocycles. The molecule has 2 aromatic rings. The van der Waals surface area contributed by atoms with Gasteiger partial charge in [-0.25, -0.2) is 4.90 Å². The summed E-state index contributed by atoms with van der Waals surface area (Å²) >= 11 is 6.22. The van der Waals surface area contributed by atoms with Gasteiger partial charge in [-0.1, -0.05) is 35.0 Å². The highest BCUT2D eigenvalue weighted by Gasteiger charge is 2.56. The average molecular weight is 416 g/mol. The number of aryl methyl sites for hydroxylation is 1. The first-order valence-electron chi connectivity index (χ1n) is 8.54. The second-order valence-electron chi connectivity index (χ2n) is 6.54. The minimum absolute atomic E-state index is 0.0610. The van der Waals surface area contributed by atoms with E-state index in [1.54, 1.807) is 31.2 Å². The predicted molar refractivity (Wildman–Crippen MR) is 103 cm³/mol. The van der Waals surface area contributed by atoms with Crippen LogP contribution >= 0.6 is 11.6 Å². The van der Waals surface area contributed by atoms with Crippen molar-refractivity contribution in [2.75, 3.05) is 12.0 Å². The summed E-state index contributed by atoms with van der Waals surface area (Å²) in [5, 5.41) is 15.5. The number of carbonyl (C=O) groups is 2. The lowest BCUT2D eigenvalue weighted by molar-refractivity contribution is -0.385. The second-order valence-corrected chi connectivity index (χ2v) is 6.95. The number of anilines is 1. The number of imide groups is 1. The molecular weight excluding hydrogens is 402 g/mol. The summed E-state index contributed by atoms with van der Waals surface area (Å²) in [5.41, 5.74) is 1.08. The van der Waals surface area contributed by atoms with Gasteiger partial charge < -0.3 is 9.57 Å². The van der Waals surface area contributed by atoms with Crippen LogP contribution in [-0.2, 0) is 14.4 Å². The maximum absolute atomic E-state index is 13.2. The van der Waals surface area contributed by atoms with Crippen LogP contribution in [0.1, 0.15) is 11.1 Å². The van der Waals surface area contributed by atoms with E-state index in [1.807, 2.05) is 0 Å². The van der Waals surface area contributed by atoms with Gasteiger partial charge in [-0.15, -0.1) is 0 Å². The fraction of sp³-hybridized carbons (Fsp3) is 0.211. The first kappa shape index (κ1) is 18.9. The van der Waals surface area contributed by atoms with Gasteiger partial charge in [0.25, 0.3) is 5.91 Å². The second kappa shape index (κ2) is 6.85. The number of ether oxygens (including phenoxy) is 1. The summed E-state index contributed by atoms with van der Waals surface area (Å²) in [4.78, 5) is 43.0. The van der Waals surface area contributed by atoms with Crippen LogP contribution in [0.2, 0.25) is 5.02 Å². The Morgan fingerprint density at radius 1 is 1.24 bits per heavy atom. The molecule has 0 radical (unpaired) electrons. The number of oxime groups is 1. The van der Waals surface area contributed by atoms with Crippen molar-refractivity contribution in [2.24, 2.45) is 11.1 Å². The number of rotatable bonds is 4. The van der Waals surface area contributed by atoms with Gasteiger partial charge in [0.15, 0.2) is 5.75 Å². The molecule has 2 aliphatic heterocycles. The molecule has 0 spiro atoms. The molecule has 29 heavy (non-hydrogen) atoms. The summed E-state index contributed by atoms with van der Waals surface area (Å²) in [7, 11) is 1.27. The zero-order valence-electron chi connectivity index (χ0n) is 15.3. The largest absolute Gasteiger partial charge is 0.490 e. The summed E-state index contributed by atoms with van der Waals surface area (Å²) in [6, 6.07) is 9.37. The Morgan fingerprint density at radius 3 is 2.62 bits per heavy atom. The number of nitro benzene ring substituents is 1. The molecule has 148 valence electrons. The van der Waals surface area contributed by atoms with Crippen LogP contribution < -0.4 is 9.64 Å². The molecule has 10 heteroatoms. The van der Waals surface area contributed by atoms with E-state index >= 15 is 0 Å². The van der Waals surface area contributed by atoms with Crippen LogP contribution in [0.15, 0.2) is 41.6 Å². The van der Waals surface area contributed by atoms with E-state index in [1.165, 1.54) is 19.2 Å². The van der Waals surface area contributed by atoms with Gasteiger partial charge in [0.2, 0.25) is 12.0 Å². The van der Waals surface area contributed by atoms with E-state index in [4.69, 9.17) is 21.2 Å². The number of methoxy groups -OCH3 is 1. The van der Waals surface area contributed by atoms with Crippen LogP contribution in [0.3, 0.4) is 0 Å². The summed E-state index contributed by atoms with van der Waals surface area (Å²) < 4.78 is 5.07. The fourth-order valence-electron chi connectivity index (χ4n) is 3.52. The maximum atomic E-state index is 13.2. The Kier molecular flexibility index (Phi) is 4.46. The lowest BCUT2D eigenvalue weighted by Crippen LogP contribution is -2.33. The van der Waals surface area contributed by atoms with Gasteiger partial charge in [0.05, 0.1) is 17.7 Å². The van der Waals surface area contributed by atoms with E-state index in [0.29, 0.717) is 16.1 Å². The Hall–Kier alpha value is -3.46. The molecule has 0 N–H and O–H groups in total. The number of fused-ring (bicyclic) bond motifs is 1. The Morgan fingerprint density at radius 2 is 1.97 bits per heavy atom. The van der Waals surface area contributed by atoms with Crippen molar-refractivity contribution in [1.82, 2.24) is 0 Å². The molecule has 2 atom stereocenters. The number of nitrogens with zero attached hydrogens (tertiary/aromatic N) is 3. The molecule has 0 bridgehead atoms. The third-order valence-electron chi connectivity index (χ3n) is 4.90. The topological polar surface area (TPSA) is 111 Å². The molecule has 9 nitrogen and oxygen atoms in total. The SMILES string of the molecule is COc1cc(N2C(=O)[C@H]3C(c4ccccc4Cl)=NO[C@@H]3C2=O)c(C)cc1[N+](=O)[O-]. The Labute approximate surface area is 169 Å². The Bertz CT molecular complexity index is 1100. The maximum Gasteiger partial charge on any atom is 0.311 e. The molecule has 0 unspecified atom stereocenters. The van der Waals surface area contributed by atoms with Crippen LogP contribution in [0.25, 0.3) is 0 Å². The lowest BCUT2D eigenvalue weighted by Gasteiger charge is -2.18. The third-order valence-corrected chi connectivity index (χ3v) is 5.23. The Balaban J connectivity index is 1.77. The van der Waals surface area contributed by atoms with Crippen molar-refractivity contribution < 1.29 is 24.1 Å². The summed E-state index contributed by atoms with van der Waals surface area (Å²) in [5.74, 6) is -2.17. The number of benzene rings is 2. The van der Waals surface area contributed by atoms with Crippen LogP contribution in [0.4, 0.5) is 11.4 Å². The molecule has 2 amide bonds. The molecule has 2 aromatic carbocycles. The minimum atomic E-state index is -1.12. The standard InChI is InChI=1S/C19H14ClN3O6/c1-9-7-13(23(26)27)14(28-2)8-12(9)22-18(24)15-16(21-29-17(15)19(22)25)10-5-3-4-6-11(10)20/h3-8,15,17H,1-2H3/t15-,17-/m0/s1. The number of amides is 2. The van der Waals surface area contributed by atoms with E-state index in [-0.39, 0.29) is 22.8 Å². The van der Waals surface area contributed by atoms with Crippen molar-refractivity contribution in [3.63, 3.8) is 0 Å². The van der Waals surface area contributed by atoms with Crippen LogP contribution in [0.5, 0.6) is 5.75 Å². The molecular formula is C19H14ClN3O6. The number of hydrogen-bond acceptors (Lipinski definition) is 7. The number of halogens is 1. The van der Waals surface area contributed by atoms with Gasteiger partial charge in [0.1, 0.15) is 11.6 Å². The van der Waals surface area contributed by atoms with Gasteiger partial charge in [0, 0.05) is 22.7 Å². The number of carbonyl (C=O) groups excluding carboxylic acids is 2. The first-order chi connectivity index (χ1) is 13.8. The first-order valence-corrected chi connectivity index (χ1v) is 8.92. The van der Waals surface area contributed by atoms with E-state index < -0.39 is 28.8 Å². The predicted octanol–water partition coefficient (Wildman–Crippen LogP) is 2.86. The van der Waals surface area contributed by atoms with Gasteiger partial charge >= 0.3 is 5.69 Å². The molecule has 1 fully saturated rings. The highest BCUT2D eigenvalue weighted by atomic mass is 35.5. The monoisotopic (exact) mass is 415 g/mol. The molecule has 0 aliphatic carbocycles. The van der Waals surface area contributed by atoms with Crippen LogP contribution in [-0.4, -0.2) is 35.7 Å². The quantitative estimate of drug-likeness (QED) is 0.431. The van der Waals surface area contributed by atoms with Crippen molar-refractivity contribution in [1.29, 1.82) is 0 Å². The van der Waals surface area contributed by atoms with Crippen molar-refractivity contribution in [2.45, 2.75) is 13.0 Å². The summed E-state index contributed by atoms with van der Waals surface area (Å²) in [6.45, 7) is 1.57. The fourth-order valence-corrected chi connectivity index (χ4v) is 3.75.